The Hall–Kier alpha value is -2.36. The van der Waals surface area contributed by atoms with E-state index in [0.717, 1.165) is 5.56 Å². The number of nitrogens with zero attached hydrogens (tertiary/aromatic N) is 1. The van der Waals surface area contributed by atoms with Crippen molar-refractivity contribution in [2.24, 2.45) is 0 Å². The van der Waals surface area contributed by atoms with Gasteiger partial charge in [-0.3, -0.25) is 4.79 Å². The van der Waals surface area contributed by atoms with Crippen molar-refractivity contribution < 1.29 is 9.53 Å². The fourth-order valence-corrected chi connectivity index (χ4v) is 1.82. The highest BCUT2D eigenvalue weighted by atomic mass is 16.5. The number of carbonyl (C=O) groups is 1. The molecular weight excluding hydrogens is 264 g/mol. The number of carbonyl (C=O) groups excluding carboxylic acids is 1. The lowest BCUT2D eigenvalue weighted by Gasteiger charge is -2.09. The lowest BCUT2D eigenvalue weighted by atomic mass is 10.1. The first-order valence-electron chi connectivity index (χ1n) is 7.01. The second kappa shape index (κ2) is 6.88. The zero-order chi connectivity index (χ0) is 15.2. The summed E-state index contributed by atoms with van der Waals surface area (Å²) >= 11 is 0. The molecule has 0 saturated heterocycles. The van der Waals surface area contributed by atoms with E-state index in [1.54, 1.807) is 12.1 Å². The Balaban J connectivity index is 1.92. The maximum atomic E-state index is 12.0. The van der Waals surface area contributed by atoms with Gasteiger partial charge in [0.2, 0.25) is 5.88 Å². The number of hydrogen-bond acceptors (Lipinski definition) is 3. The van der Waals surface area contributed by atoms with E-state index in [1.165, 1.54) is 11.8 Å². The maximum Gasteiger partial charge on any atom is 0.253 e. The molecule has 0 unspecified atom stereocenters. The number of benzene rings is 1. The number of pyridine rings is 1. The lowest BCUT2D eigenvalue weighted by Crippen LogP contribution is -2.23. The van der Waals surface area contributed by atoms with Crippen LogP contribution in [0, 0.1) is 6.92 Å². The van der Waals surface area contributed by atoms with Crippen molar-refractivity contribution in [3.05, 3.63) is 59.3 Å². The van der Waals surface area contributed by atoms with E-state index in [0.29, 0.717) is 18.0 Å². The number of rotatable bonds is 5. The highest BCUT2D eigenvalue weighted by Crippen LogP contribution is 2.10. The Bertz CT molecular complexity index is 589. The van der Waals surface area contributed by atoms with Crippen LogP contribution >= 0.6 is 0 Å². The molecule has 0 aliphatic carbocycles. The monoisotopic (exact) mass is 284 g/mol. The number of amides is 1. The van der Waals surface area contributed by atoms with Crippen LogP contribution in [0.4, 0.5) is 0 Å². The Morgan fingerprint density at radius 1 is 1.19 bits per heavy atom. The SMILES string of the molecule is Cc1ccc(CNC(=O)c2ccc(OC(C)C)nc2)cc1. The molecule has 1 aromatic heterocycles. The molecule has 0 fully saturated rings. The van der Waals surface area contributed by atoms with Crippen molar-refractivity contribution in [2.45, 2.75) is 33.4 Å². The third-order valence-corrected chi connectivity index (χ3v) is 2.93. The summed E-state index contributed by atoms with van der Waals surface area (Å²) in [5.74, 6) is 0.388. The van der Waals surface area contributed by atoms with Crippen LogP contribution in [-0.2, 0) is 6.54 Å². The van der Waals surface area contributed by atoms with E-state index in [-0.39, 0.29) is 12.0 Å². The van der Waals surface area contributed by atoms with Crippen LogP contribution < -0.4 is 10.1 Å². The van der Waals surface area contributed by atoms with Crippen LogP contribution in [0.2, 0.25) is 0 Å². The van der Waals surface area contributed by atoms with Crippen molar-refractivity contribution in [3.63, 3.8) is 0 Å². The fraction of sp³-hybridized carbons (Fsp3) is 0.294. The van der Waals surface area contributed by atoms with E-state index in [4.69, 9.17) is 4.74 Å². The largest absolute Gasteiger partial charge is 0.475 e. The Labute approximate surface area is 125 Å². The van der Waals surface area contributed by atoms with Crippen molar-refractivity contribution >= 4 is 5.91 Å². The van der Waals surface area contributed by atoms with Gasteiger partial charge in [0.05, 0.1) is 11.7 Å². The Morgan fingerprint density at radius 2 is 1.90 bits per heavy atom. The van der Waals surface area contributed by atoms with Crippen LogP contribution in [-0.4, -0.2) is 17.0 Å². The fourth-order valence-electron chi connectivity index (χ4n) is 1.82. The molecule has 0 aliphatic heterocycles. The molecule has 0 bridgehead atoms. The molecule has 110 valence electrons. The first-order valence-corrected chi connectivity index (χ1v) is 7.01. The zero-order valence-electron chi connectivity index (χ0n) is 12.6. The van der Waals surface area contributed by atoms with Crippen LogP contribution in [0.3, 0.4) is 0 Å². The van der Waals surface area contributed by atoms with E-state index >= 15 is 0 Å². The maximum absolute atomic E-state index is 12.0. The molecule has 0 saturated carbocycles. The predicted octanol–water partition coefficient (Wildman–Crippen LogP) is 3.11. The summed E-state index contributed by atoms with van der Waals surface area (Å²) in [5.41, 5.74) is 2.80. The quantitative estimate of drug-likeness (QED) is 0.918. The van der Waals surface area contributed by atoms with Crippen LogP contribution in [0.5, 0.6) is 5.88 Å². The summed E-state index contributed by atoms with van der Waals surface area (Å²) < 4.78 is 5.45. The highest BCUT2D eigenvalue weighted by molar-refractivity contribution is 5.93. The second-order valence-electron chi connectivity index (χ2n) is 5.22. The van der Waals surface area contributed by atoms with Gasteiger partial charge in [0.1, 0.15) is 0 Å². The molecule has 0 aliphatic rings. The molecule has 21 heavy (non-hydrogen) atoms. The van der Waals surface area contributed by atoms with Gasteiger partial charge >= 0.3 is 0 Å². The van der Waals surface area contributed by atoms with Crippen molar-refractivity contribution in [1.82, 2.24) is 10.3 Å². The van der Waals surface area contributed by atoms with Gasteiger partial charge in [-0.05, 0) is 32.4 Å². The smallest absolute Gasteiger partial charge is 0.253 e. The van der Waals surface area contributed by atoms with Gasteiger partial charge < -0.3 is 10.1 Å². The van der Waals surface area contributed by atoms with Crippen LogP contribution in [0.15, 0.2) is 42.6 Å². The molecule has 1 N–H and O–H groups in total. The summed E-state index contributed by atoms with van der Waals surface area (Å²) in [7, 11) is 0. The minimum atomic E-state index is -0.140. The van der Waals surface area contributed by atoms with E-state index < -0.39 is 0 Å². The molecule has 0 radical (unpaired) electrons. The summed E-state index contributed by atoms with van der Waals surface area (Å²) in [6.45, 7) is 6.41. The summed E-state index contributed by atoms with van der Waals surface area (Å²) in [6.07, 6.45) is 1.60. The molecular formula is C17H20N2O2. The molecule has 1 amide bonds. The van der Waals surface area contributed by atoms with E-state index in [2.05, 4.69) is 10.3 Å². The van der Waals surface area contributed by atoms with Gasteiger partial charge in [0.25, 0.3) is 5.91 Å². The molecule has 1 aromatic carbocycles. The highest BCUT2D eigenvalue weighted by Gasteiger charge is 2.07. The Morgan fingerprint density at radius 3 is 2.48 bits per heavy atom. The van der Waals surface area contributed by atoms with Crippen LogP contribution in [0.1, 0.15) is 35.3 Å². The minimum absolute atomic E-state index is 0.0683. The van der Waals surface area contributed by atoms with Crippen molar-refractivity contribution in [2.75, 3.05) is 0 Å². The number of aryl methyl sites for hydroxylation is 1. The number of aromatic nitrogens is 1. The third kappa shape index (κ3) is 4.60. The van der Waals surface area contributed by atoms with Crippen molar-refractivity contribution in [1.29, 1.82) is 0 Å². The number of hydrogen-bond donors (Lipinski definition) is 1. The molecule has 2 rings (SSSR count). The van der Waals surface area contributed by atoms with Gasteiger partial charge in [-0.1, -0.05) is 29.8 Å². The molecule has 4 heteroatoms. The molecule has 2 aromatic rings. The lowest BCUT2D eigenvalue weighted by molar-refractivity contribution is 0.0950. The van der Waals surface area contributed by atoms with Gasteiger partial charge in [-0.15, -0.1) is 0 Å². The zero-order valence-corrected chi connectivity index (χ0v) is 12.6. The molecule has 0 spiro atoms. The number of nitrogens with one attached hydrogen (secondary N) is 1. The van der Waals surface area contributed by atoms with E-state index in [9.17, 15) is 4.79 Å². The molecule has 0 atom stereocenters. The third-order valence-electron chi connectivity index (χ3n) is 2.93. The summed E-state index contributed by atoms with van der Waals surface area (Å²) in [4.78, 5) is 16.1. The van der Waals surface area contributed by atoms with Crippen molar-refractivity contribution in [3.8, 4) is 5.88 Å². The normalized spacial score (nSPS) is 10.5. The topological polar surface area (TPSA) is 51.2 Å². The molecule has 4 nitrogen and oxygen atoms in total. The van der Waals surface area contributed by atoms with Gasteiger partial charge in [0.15, 0.2) is 0 Å². The average molecular weight is 284 g/mol. The molecule has 1 heterocycles. The average Bonchev–Trinajstić information content (AvgIpc) is 2.46. The van der Waals surface area contributed by atoms with Crippen LogP contribution in [0.25, 0.3) is 0 Å². The predicted molar refractivity (Wildman–Crippen MR) is 82.4 cm³/mol. The summed E-state index contributed by atoms with van der Waals surface area (Å²) in [6, 6.07) is 11.5. The standard InChI is InChI=1S/C17H20N2O2/c1-12(2)21-16-9-8-15(11-18-16)17(20)19-10-14-6-4-13(3)5-7-14/h4-9,11-12H,10H2,1-3H3,(H,19,20). The Kier molecular flexibility index (Phi) is 4.93. The summed E-state index contributed by atoms with van der Waals surface area (Å²) in [5, 5.41) is 2.88. The minimum Gasteiger partial charge on any atom is -0.475 e. The van der Waals surface area contributed by atoms with Gasteiger partial charge in [-0.25, -0.2) is 4.98 Å². The first-order chi connectivity index (χ1) is 10.0. The van der Waals surface area contributed by atoms with Gasteiger partial charge in [0, 0.05) is 18.8 Å². The van der Waals surface area contributed by atoms with Gasteiger partial charge in [-0.2, -0.15) is 0 Å². The van der Waals surface area contributed by atoms with E-state index in [1.807, 2.05) is 45.0 Å². The number of ether oxygens (including phenoxy) is 1. The first kappa shape index (κ1) is 15.0. The second-order valence-corrected chi connectivity index (χ2v) is 5.22.